The first kappa shape index (κ1) is 11.2. The van der Waals surface area contributed by atoms with Gasteiger partial charge in [-0.25, -0.2) is 0 Å². The van der Waals surface area contributed by atoms with Gasteiger partial charge in [0.15, 0.2) is 0 Å². The van der Waals surface area contributed by atoms with E-state index < -0.39 is 0 Å². The Bertz CT molecular complexity index is 544. The van der Waals surface area contributed by atoms with Gasteiger partial charge in [0, 0.05) is 5.56 Å². The lowest BCUT2D eigenvalue weighted by atomic mass is 10.2. The average Bonchev–Trinajstić information content (AvgIpc) is 2.38. The summed E-state index contributed by atoms with van der Waals surface area (Å²) in [6.07, 6.45) is 0.797. The predicted molar refractivity (Wildman–Crippen MR) is 67.2 cm³/mol. The Hall–Kier alpha value is -2.29. The van der Waals surface area contributed by atoms with Gasteiger partial charge in [-0.3, -0.25) is 4.79 Å². The van der Waals surface area contributed by atoms with E-state index in [2.05, 4.69) is 10.2 Å². The quantitative estimate of drug-likeness (QED) is 0.568. The molecule has 0 radical (unpaired) electrons. The minimum absolute atomic E-state index is 0.602. The number of carbonyl (C=O) groups is 1. The summed E-state index contributed by atoms with van der Waals surface area (Å²) in [5.41, 5.74) is 3.26. The van der Waals surface area contributed by atoms with Crippen molar-refractivity contribution in [3.8, 4) is 0 Å². The van der Waals surface area contributed by atoms with Crippen molar-refractivity contribution in [3.05, 3.63) is 59.7 Å². The molecule has 84 valence electrons. The molecule has 0 atom stereocenters. The molecule has 2 aromatic rings. The molecule has 3 nitrogen and oxygen atoms in total. The molecule has 0 spiro atoms. The summed E-state index contributed by atoms with van der Waals surface area (Å²) in [7, 11) is 0. The number of azo groups is 1. The molecule has 0 unspecified atom stereocenters. The minimum Gasteiger partial charge on any atom is -0.298 e. The van der Waals surface area contributed by atoms with E-state index in [4.69, 9.17) is 0 Å². The predicted octanol–water partition coefficient (Wildman–Crippen LogP) is 4.22. The molecule has 0 amide bonds. The number of aryl methyl sites for hydroxylation is 1. The zero-order valence-corrected chi connectivity index (χ0v) is 9.50. The fourth-order valence-electron chi connectivity index (χ4n) is 1.39. The summed E-state index contributed by atoms with van der Waals surface area (Å²) in [5.74, 6) is 0. The van der Waals surface area contributed by atoms with E-state index in [1.54, 1.807) is 18.2 Å². The van der Waals surface area contributed by atoms with Crippen LogP contribution in [-0.2, 0) is 0 Å². The molecule has 3 heteroatoms. The maximum atomic E-state index is 10.6. The summed E-state index contributed by atoms with van der Waals surface area (Å²) in [6.45, 7) is 2.02. The lowest BCUT2D eigenvalue weighted by molar-refractivity contribution is 0.112. The molecule has 0 aliphatic rings. The van der Waals surface area contributed by atoms with Gasteiger partial charge in [-0.1, -0.05) is 29.8 Å². The number of hydrogen-bond acceptors (Lipinski definition) is 3. The fraction of sp³-hybridized carbons (Fsp3) is 0.0714. The monoisotopic (exact) mass is 224 g/mol. The van der Waals surface area contributed by atoms with E-state index in [-0.39, 0.29) is 0 Å². The van der Waals surface area contributed by atoms with Crippen LogP contribution < -0.4 is 0 Å². The Balaban J connectivity index is 2.19. The van der Waals surface area contributed by atoms with Crippen molar-refractivity contribution in [1.29, 1.82) is 0 Å². The summed E-state index contributed by atoms with van der Waals surface area (Å²) in [5, 5.41) is 8.18. The molecule has 2 aromatic carbocycles. The second-order valence-electron chi connectivity index (χ2n) is 3.75. The number of nitrogens with zero attached hydrogens (tertiary/aromatic N) is 2. The van der Waals surface area contributed by atoms with Gasteiger partial charge in [0.1, 0.15) is 6.29 Å². The molecule has 0 aliphatic heterocycles. The lowest BCUT2D eigenvalue weighted by Crippen LogP contribution is -1.76. The van der Waals surface area contributed by atoms with Gasteiger partial charge in [-0.15, -0.1) is 0 Å². The van der Waals surface area contributed by atoms with Gasteiger partial charge in [0.05, 0.1) is 11.4 Å². The van der Waals surface area contributed by atoms with Crippen molar-refractivity contribution >= 4 is 17.7 Å². The van der Waals surface area contributed by atoms with Crippen LogP contribution in [0.2, 0.25) is 0 Å². The van der Waals surface area contributed by atoms with Gasteiger partial charge in [0.25, 0.3) is 0 Å². The third-order valence-electron chi connectivity index (χ3n) is 2.32. The van der Waals surface area contributed by atoms with Gasteiger partial charge in [0.2, 0.25) is 0 Å². The summed E-state index contributed by atoms with van der Waals surface area (Å²) >= 11 is 0. The van der Waals surface area contributed by atoms with Gasteiger partial charge >= 0.3 is 0 Å². The molecular weight excluding hydrogens is 212 g/mol. The molecule has 0 fully saturated rings. The molecule has 0 saturated carbocycles. The Labute approximate surface area is 99.8 Å². The van der Waals surface area contributed by atoms with Crippen molar-refractivity contribution in [2.24, 2.45) is 10.2 Å². The Morgan fingerprint density at radius 3 is 2.35 bits per heavy atom. The first-order chi connectivity index (χ1) is 8.28. The van der Waals surface area contributed by atoms with E-state index in [9.17, 15) is 4.79 Å². The first-order valence-corrected chi connectivity index (χ1v) is 5.31. The van der Waals surface area contributed by atoms with E-state index in [0.29, 0.717) is 11.3 Å². The number of benzene rings is 2. The average molecular weight is 224 g/mol. The van der Waals surface area contributed by atoms with E-state index >= 15 is 0 Å². The summed E-state index contributed by atoms with van der Waals surface area (Å²) in [4.78, 5) is 10.6. The number of rotatable bonds is 3. The Morgan fingerprint density at radius 2 is 1.65 bits per heavy atom. The number of hydrogen-bond donors (Lipinski definition) is 0. The normalized spacial score (nSPS) is 10.6. The van der Waals surface area contributed by atoms with E-state index in [1.807, 2.05) is 37.3 Å². The summed E-state index contributed by atoms with van der Waals surface area (Å²) < 4.78 is 0. The molecule has 17 heavy (non-hydrogen) atoms. The molecule has 0 bridgehead atoms. The van der Waals surface area contributed by atoms with E-state index in [1.165, 1.54) is 5.56 Å². The highest BCUT2D eigenvalue weighted by Crippen LogP contribution is 2.18. The first-order valence-electron chi connectivity index (χ1n) is 5.31. The van der Waals surface area contributed by atoms with Gasteiger partial charge < -0.3 is 0 Å². The van der Waals surface area contributed by atoms with Crippen LogP contribution >= 0.6 is 0 Å². The minimum atomic E-state index is 0.602. The standard InChI is InChI=1S/C14H12N2O/c1-11-5-7-13(8-6-11)15-16-14-4-2-3-12(9-14)10-17/h2-10H,1H3. The van der Waals surface area contributed by atoms with Crippen molar-refractivity contribution in [2.75, 3.05) is 0 Å². The van der Waals surface area contributed by atoms with Crippen molar-refractivity contribution < 1.29 is 4.79 Å². The van der Waals surface area contributed by atoms with Crippen molar-refractivity contribution in [2.45, 2.75) is 6.92 Å². The van der Waals surface area contributed by atoms with Crippen molar-refractivity contribution in [1.82, 2.24) is 0 Å². The van der Waals surface area contributed by atoms with Crippen LogP contribution in [0.5, 0.6) is 0 Å². The van der Waals surface area contributed by atoms with Crippen LogP contribution in [0.25, 0.3) is 0 Å². The van der Waals surface area contributed by atoms with Crippen LogP contribution in [0.3, 0.4) is 0 Å². The number of carbonyl (C=O) groups excluding carboxylic acids is 1. The molecule has 0 heterocycles. The van der Waals surface area contributed by atoms with Crippen LogP contribution in [0, 0.1) is 6.92 Å². The zero-order valence-electron chi connectivity index (χ0n) is 9.50. The van der Waals surface area contributed by atoms with Crippen LogP contribution in [0.1, 0.15) is 15.9 Å². The molecule has 0 aromatic heterocycles. The fourth-order valence-corrected chi connectivity index (χ4v) is 1.39. The molecular formula is C14H12N2O. The van der Waals surface area contributed by atoms with E-state index in [0.717, 1.165) is 12.0 Å². The topological polar surface area (TPSA) is 41.8 Å². The summed E-state index contributed by atoms with van der Waals surface area (Å²) in [6, 6.07) is 14.8. The maximum Gasteiger partial charge on any atom is 0.150 e. The molecule has 0 aliphatic carbocycles. The van der Waals surface area contributed by atoms with Gasteiger partial charge in [-0.05, 0) is 31.2 Å². The highest BCUT2D eigenvalue weighted by atomic mass is 16.1. The van der Waals surface area contributed by atoms with Crippen LogP contribution in [0.4, 0.5) is 11.4 Å². The third-order valence-corrected chi connectivity index (χ3v) is 2.32. The van der Waals surface area contributed by atoms with Crippen LogP contribution in [0.15, 0.2) is 58.8 Å². The highest BCUT2D eigenvalue weighted by Gasteiger charge is 1.93. The van der Waals surface area contributed by atoms with Crippen molar-refractivity contribution in [3.63, 3.8) is 0 Å². The van der Waals surface area contributed by atoms with Crippen LogP contribution in [-0.4, -0.2) is 6.29 Å². The Morgan fingerprint density at radius 1 is 0.941 bits per heavy atom. The van der Waals surface area contributed by atoms with Gasteiger partial charge in [-0.2, -0.15) is 10.2 Å². The zero-order chi connectivity index (χ0) is 12.1. The molecule has 0 N–H and O–H groups in total. The highest BCUT2D eigenvalue weighted by molar-refractivity contribution is 5.76. The molecule has 0 saturated heterocycles. The second kappa shape index (κ2) is 5.16. The Kier molecular flexibility index (Phi) is 3.40. The SMILES string of the molecule is Cc1ccc(N=Nc2cccc(C=O)c2)cc1. The maximum absolute atomic E-state index is 10.6. The largest absolute Gasteiger partial charge is 0.298 e. The third kappa shape index (κ3) is 3.08. The second-order valence-corrected chi connectivity index (χ2v) is 3.75. The lowest BCUT2D eigenvalue weighted by Gasteiger charge is -1.95. The smallest absolute Gasteiger partial charge is 0.150 e. The number of aldehydes is 1. The molecule has 2 rings (SSSR count).